The van der Waals surface area contributed by atoms with Crippen molar-refractivity contribution in [2.45, 2.75) is 70.3 Å². The average molecular weight is 370 g/mol. The molecule has 8 atom stereocenters. The molecule has 0 unspecified atom stereocenters. The second-order valence-electron chi connectivity index (χ2n) is 9.59. The van der Waals surface area contributed by atoms with E-state index in [2.05, 4.69) is 50.4 Å². The Balaban J connectivity index is 1.34. The first-order valence-electron chi connectivity index (χ1n) is 10.6. The zero-order valence-corrected chi connectivity index (χ0v) is 16.6. The largest absolute Gasteiger partial charge is 0.462 e. The molecule has 27 heavy (non-hydrogen) atoms. The van der Waals surface area contributed by atoms with E-state index in [-0.39, 0.29) is 47.1 Å². The Morgan fingerprint density at radius 1 is 1.30 bits per heavy atom. The van der Waals surface area contributed by atoms with Gasteiger partial charge in [-0.2, -0.15) is 0 Å². The fraction of sp³-hybridized carbons (Fsp3) is 0.696. The molecule has 2 saturated carbocycles. The number of carbonyl (C=O) groups excluding carboxylic acids is 1. The van der Waals surface area contributed by atoms with Gasteiger partial charge in [0.1, 0.15) is 11.7 Å². The number of epoxide rings is 1. The molecule has 4 fully saturated rings. The van der Waals surface area contributed by atoms with Crippen LogP contribution in [0.3, 0.4) is 0 Å². The van der Waals surface area contributed by atoms with Gasteiger partial charge in [0.05, 0.1) is 12.0 Å². The summed E-state index contributed by atoms with van der Waals surface area (Å²) in [4.78, 5) is 12.7. The predicted octanol–water partition coefficient (Wildman–Crippen LogP) is 3.86. The lowest BCUT2D eigenvalue weighted by atomic mass is 9.53. The second kappa shape index (κ2) is 6.05. The summed E-state index contributed by atoms with van der Waals surface area (Å²) < 4.78 is 12.4. The van der Waals surface area contributed by atoms with Gasteiger partial charge in [-0.05, 0) is 37.7 Å². The predicted molar refractivity (Wildman–Crippen MR) is 103 cm³/mol. The SMILES string of the molecule is C[C@H](NC[C@H]1C(=O)O[C@@H]2C[C@]3(C)CCC[C@@H](C)[C@]34O[C@H]4[C@H]21)c1ccccc1. The van der Waals surface area contributed by atoms with Crippen LogP contribution in [0.25, 0.3) is 0 Å². The van der Waals surface area contributed by atoms with Crippen molar-refractivity contribution in [3.8, 4) is 0 Å². The van der Waals surface area contributed by atoms with Crippen LogP contribution in [0, 0.1) is 23.2 Å². The van der Waals surface area contributed by atoms with Crippen LogP contribution in [-0.4, -0.2) is 30.3 Å². The average Bonchev–Trinajstić information content (AvgIpc) is 3.34. The van der Waals surface area contributed by atoms with Crippen LogP contribution in [0.4, 0.5) is 0 Å². The minimum Gasteiger partial charge on any atom is -0.462 e. The molecule has 1 aromatic rings. The number of hydrogen-bond acceptors (Lipinski definition) is 4. The Labute approximate surface area is 162 Å². The molecule has 4 heteroatoms. The summed E-state index contributed by atoms with van der Waals surface area (Å²) in [6, 6.07) is 10.6. The second-order valence-corrected chi connectivity index (χ2v) is 9.59. The zero-order valence-electron chi connectivity index (χ0n) is 16.6. The maximum Gasteiger partial charge on any atom is 0.311 e. The Kier molecular flexibility index (Phi) is 3.97. The quantitative estimate of drug-likeness (QED) is 0.647. The summed E-state index contributed by atoms with van der Waals surface area (Å²) in [5.74, 6) is 0.666. The van der Waals surface area contributed by atoms with Gasteiger partial charge in [-0.1, -0.05) is 50.6 Å². The maximum atomic E-state index is 12.7. The number of fused-ring (bicyclic) bond motifs is 2. The van der Waals surface area contributed by atoms with Gasteiger partial charge in [0.25, 0.3) is 0 Å². The lowest BCUT2D eigenvalue weighted by molar-refractivity contribution is -0.146. The molecule has 0 amide bonds. The van der Waals surface area contributed by atoms with Crippen molar-refractivity contribution < 1.29 is 14.3 Å². The molecule has 2 heterocycles. The van der Waals surface area contributed by atoms with Crippen molar-refractivity contribution >= 4 is 5.97 Å². The molecule has 1 N–H and O–H groups in total. The highest BCUT2D eigenvalue weighted by atomic mass is 16.6. The zero-order chi connectivity index (χ0) is 18.8. The monoisotopic (exact) mass is 369 g/mol. The highest BCUT2D eigenvalue weighted by Gasteiger charge is 2.78. The maximum absolute atomic E-state index is 12.7. The number of esters is 1. The number of benzene rings is 1. The number of ether oxygens (including phenoxy) is 2. The normalized spacial score (nSPS) is 46.0. The van der Waals surface area contributed by atoms with Crippen molar-refractivity contribution in [2.75, 3.05) is 6.54 Å². The van der Waals surface area contributed by atoms with Gasteiger partial charge in [0.2, 0.25) is 0 Å². The summed E-state index contributed by atoms with van der Waals surface area (Å²) in [6.45, 7) is 7.54. The highest BCUT2D eigenvalue weighted by Crippen LogP contribution is 2.70. The number of rotatable bonds is 4. The molecule has 4 nitrogen and oxygen atoms in total. The van der Waals surface area contributed by atoms with E-state index in [4.69, 9.17) is 9.47 Å². The van der Waals surface area contributed by atoms with Crippen LogP contribution in [0.15, 0.2) is 30.3 Å². The Morgan fingerprint density at radius 2 is 2.07 bits per heavy atom. The van der Waals surface area contributed by atoms with Crippen LogP contribution >= 0.6 is 0 Å². The Bertz CT molecular complexity index is 736. The lowest BCUT2D eigenvalue weighted by Gasteiger charge is -2.48. The lowest BCUT2D eigenvalue weighted by Crippen LogP contribution is -2.54. The van der Waals surface area contributed by atoms with E-state index in [0.717, 1.165) is 6.42 Å². The van der Waals surface area contributed by atoms with Gasteiger partial charge in [-0.25, -0.2) is 0 Å². The van der Waals surface area contributed by atoms with Crippen LogP contribution in [0.1, 0.15) is 58.1 Å². The summed E-state index contributed by atoms with van der Waals surface area (Å²) in [6.07, 6.45) is 4.90. The van der Waals surface area contributed by atoms with Crippen molar-refractivity contribution in [1.82, 2.24) is 5.32 Å². The highest BCUT2D eigenvalue weighted by molar-refractivity contribution is 5.76. The van der Waals surface area contributed by atoms with E-state index in [0.29, 0.717) is 12.5 Å². The molecular formula is C23H31NO3. The molecule has 0 aromatic heterocycles. The molecule has 1 spiro atoms. The number of carbonyl (C=O) groups is 1. The molecule has 0 radical (unpaired) electrons. The third-order valence-electron chi connectivity index (χ3n) is 8.14. The van der Waals surface area contributed by atoms with E-state index in [9.17, 15) is 4.79 Å². The topological polar surface area (TPSA) is 50.9 Å². The summed E-state index contributed by atoms with van der Waals surface area (Å²) in [5, 5.41) is 3.58. The van der Waals surface area contributed by atoms with Gasteiger partial charge >= 0.3 is 5.97 Å². The molecule has 1 aromatic carbocycles. The first-order valence-corrected chi connectivity index (χ1v) is 10.6. The minimum atomic E-state index is -0.0933. The first kappa shape index (κ1) is 17.7. The Hall–Kier alpha value is -1.39. The van der Waals surface area contributed by atoms with Gasteiger partial charge in [-0.15, -0.1) is 0 Å². The molecule has 2 saturated heterocycles. The van der Waals surface area contributed by atoms with E-state index in [1.54, 1.807) is 0 Å². The molecule has 4 aliphatic rings. The molecular weight excluding hydrogens is 338 g/mol. The fourth-order valence-electron chi connectivity index (χ4n) is 6.63. The van der Waals surface area contributed by atoms with E-state index in [1.165, 1.54) is 24.8 Å². The van der Waals surface area contributed by atoms with Gasteiger partial charge in [0.15, 0.2) is 0 Å². The van der Waals surface area contributed by atoms with Crippen LogP contribution in [0.2, 0.25) is 0 Å². The first-order chi connectivity index (χ1) is 13.0. The van der Waals surface area contributed by atoms with E-state index in [1.807, 2.05) is 6.07 Å². The van der Waals surface area contributed by atoms with Crippen molar-refractivity contribution in [2.24, 2.45) is 23.2 Å². The molecule has 5 rings (SSSR count). The van der Waals surface area contributed by atoms with Gasteiger partial charge < -0.3 is 14.8 Å². The third-order valence-corrected chi connectivity index (χ3v) is 8.14. The smallest absolute Gasteiger partial charge is 0.311 e. The summed E-state index contributed by atoms with van der Waals surface area (Å²) in [5.41, 5.74) is 1.40. The minimum absolute atomic E-state index is 0.0102. The van der Waals surface area contributed by atoms with Crippen LogP contribution in [0.5, 0.6) is 0 Å². The summed E-state index contributed by atoms with van der Waals surface area (Å²) >= 11 is 0. The molecule has 2 aliphatic carbocycles. The van der Waals surface area contributed by atoms with Crippen LogP contribution in [-0.2, 0) is 14.3 Å². The molecule has 2 aliphatic heterocycles. The van der Waals surface area contributed by atoms with E-state index >= 15 is 0 Å². The third kappa shape index (κ3) is 2.45. The fourth-order valence-corrected chi connectivity index (χ4v) is 6.63. The van der Waals surface area contributed by atoms with Gasteiger partial charge in [-0.3, -0.25) is 4.79 Å². The standard InChI is InChI=1S/C23H31NO3/c1-14-8-7-11-22(3)12-18-19(20-23(14,22)27-20)17(21(25)26-18)13-24-15(2)16-9-5-4-6-10-16/h4-6,9-10,14-15,17-20,24H,7-8,11-13H2,1-3H3/t14-,15+,17-,18-,19+,20+,22+,23-/m1/s1. The molecule has 146 valence electrons. The van der Waals surface area contributed by atoms with Crippen molar-refractivity contribution in [3.05, 3.63) is 35.9 Å². The van der Waals surface area contributed by atoms with Gasteiger partial charge in [0, 0.05) is 23.9 Å². The van der Waals surface area contributed by atoms with E-state index < -0.39 is 0 Å². The molecule has 0 bridgehead atoms. The number of nitrogens with one attached hydrogen (secondary N) is 1. The number of hydrogen-bond donors (Lipinski definition) is 1. The van der Waals surface area contributed by atoms with Crippen molar-refractivity contribution in [3.63, 3.8) is 0 Å². The van der Waals surface area contributed by atoms with Crippen LogP contribution < -0.4 is 5.32 Å². The van der Waals surface area contributed by atoms with Crippen molar-refractivity contribution in [1.29, 1.82) is 0 Å². The summed E-state index contributed by atoms with van der Waals surface area (Å²) in [7, 11) is 0. The Morgan fingerprint density at radius 3 is 2.85 bits per heavy atom.